The number of aromatic nitrogens is 3. The standard InChI is InChI=1S/C34H37FN4O2S/c1-24(29-19-27-16-17-28(29)18-27)39-32(22-41-31-15-9-8-14-30(31)35)36-37-34(39)42-23-33(40)38(20-25-10-4-2-5-11-25)21-26-12-6-3-7-13-26/h2-15,24,27-29H,16-23H2,1H3/t24-,27+,28+,29-/m0/s1. The summed E-state index contributed by atoms with van der Waals surface area (Å²) in [4.78, 5) is 15.6. The van der Waals surface area contributed by atoms with Crippen molar-refractivity contribution >= 4 is 17.7 Å². The minimum absolute atomic E-state index is 0.0407. The normalized spacial score (nSPS) is 20.0. The summed E-state index contributed by atoms with van der Waals surface area (Å²) in [5.74, 6) is 2.79. The highest BCUT2D eigenvalue weighted by molar-refractivity contribution is 7.99. The number of para-hydroxylation sites is 1. The summed E-state index contributed by atoms with van der Waals surface area (Å²) in [6.45, 7) is 3.42. The zero-order chi connectivity index (χ0) is 28.9. The highest BCUT2D eigenvalue weighted by Gasteiger charge is 2.43. The molecule has 8 heteroatoms. The Morgan fingerprint density at radius 2 is 1.62 bits per heavy atom. The van der Waals surface area contributed by atoms with E-state index < -0.39 is 5.82 Å². The van der Waals surface area contributed by atoms with E-state index in [1.54, 1.807) is 18.2 Å². The summed E-state index contributed by atoms with van der Waals surface area (Å²) in [6.07, 6.45) is 5.11. The number of hydrogen-bond acceptors (Lipinski definition) is 5. The summed E-state index contributed by atoms with van der Waals surface area (Å²) in [6, 6.07) is 26.7. The second-order valence-corrected chi connectivity index (χ2v) is 12.5. The number of carbonyl (C=O) groups excluding carboxylic acids is 1. The smallest absolute Gasteiger partial charge is 0.233 e. The van der Waals surface area contributed by atoms with E-state index in [-0.39, 0.29) is 30.1 Å². The number of hydrogen-bond donors (Lipinski definition) is 0. The van der Waals surface area contributed by atoms with Crippen LogP contribution in [-0.4, -0.2) is 31.3 Å². The van der Waals surface area contributed by atoms with E-state index in [0.29, 0.717) is 35.9 Å². The van der Waals surface area contributed by atoms with E-state index in [2.05, 4.69) is 21.7 Å². The Morgan fingerprint density at radius 1 is 0.952 bits per heavy atom. The first-order valence-corrected chi connectivity index (χ1v) is 15.8. The van der Waals surface area contributed by atoms with E-state index in [1.165, 1.54) is 43.5 Å². The molecule has 3 aromatic carbocycles. The molecule has 1 heterocycles. The third-order valence-corrected chi connectivity index (χ3v) is 9.79. The average molecular weight is 585 g/mol. The first kappa shape index (κ1) is 28.5. The van der Waals surface area contributed by atoms with Gasteiger partial charge < -0.3 is 9.64 Å². The van der Waals surface area contributed by atoms with Gasteiger partial charge in [0, 0.05) is 19.1 Å². The van der Waals surface area contributed by atoms with Crippen LogP contribution < -0.4 is 4.74 Å². The second kappa shape index (κ2) is 13.1. The van der Waals surface area contributed by atoms with Crippen LogP contribution in [0.15, 0.2) is 90.1 Å². The van der Waals surface area contributed by atoms with Gasteiger partial charge in [0.15, 0.2) is 22.5 Å². The van der Waals surface area contributed by atoms with E-state index in [4.69, 9.17) is 4.74 Å². The summed E-state index contributed by atoms with van der Waals surface area (Å²) >= 11 is 1.43. The summed E-state index contributed by atoms with van der Waals surface area (Å²) < 4.78 is 22.3. The van der Waals surface area contributed by atoms with Gasteiger partial charge in [-0.2, -0.15) is 0 Å². The lowest BCUT2D eigenvalue weighted by atomic mass is 9.84. The zero-order valence-electron chi connectivity index (χ0n) is 23.9. The Balaban J connectivity index is 1.21. The molecule has 0 unspecified atom stereocenters. The predicted octanol–water partition coefficient (Wildman–Crippen LogP) is 7.31. The van der Waals surface area contributed by atoms with Gasteiger partial charge in [-0.25, -0.2) is 4.39 Å². The van der Waals surface area contributed by atoms with E-state index in [1.807, 2.05) is 65.6 Å². The van der Waals surface area contributed by atoms with Crippen molar-refractivity contribution < 1.29 is 13.9 Å². The minimum Gasteiger partial charge on any atom is -0.483 e. The molecule has 0 N–H and O–H groups in total. The molecule has 1 aromatic heterocycles. The molecule has 0 spiro atoms. The Hall–Kier alpha value is -3.65. The van der Waals surface area contributed by atoms with Gasteiger partial charge in [0.2, 0.25) is 5.91 Å². The molecule has 0 radical (unpaired) electrons. The van der Waals surface area contributed by atoms with Crippen molar-refractivity contribution in [1.29, 1.82) is 0 Å². The lowest BCUT2D eigenvalue weighted by Gasteiger charge is -2.30. The third-order valence-electron chi connectivity index (χ3n) is 8.86. The van der Waals surface area contributed by atoms with Crippen LogP contribution in [0.5, 0.6) is 5.75 Å². The third kappa shape index (κ3) is 6.54. The van der Waals surface area contributed by atoms with Crippen molar-refractivity contribution in [3.63, 3.8) is 0 Å². The quantitative estimate of drug-likeness (QED) is 0.163. The fourth-order valence-electron chi connectivity index (χ4n) is 6.75. The topological polar surface area (TPSA) is 60.2 Å². The Labute approximate surface area is 251 Å². The first-order chi connectivity index (χ1) is 20.5. The van der Waals surface area contributed by atoms with Crippen LogP contribution in [0.1, 0.15) is 55.6 Å². The number of thioether (sulfide) groups is 1. The van der Waals surface area contributed by atoms with E-state index in [9.17, 15) is 9.18 Å². The van der Waals surface area contributed by atoms with Gasteiger partial charge >= 0.3 is 0 Å². The number of ether oxygens (including phenoxy) is 1. The summed E-state index contributed by atoms with van der Waals surface area (Å²) in [7, 11) is 0. The van der Waals surface area contributed by atoms with Crippen LogP contribution in [-0.2, 0) is 24.5 Å². The number of carbonyl (C=O) groups is 1. The van der Waals surface area contributed by atoms with Gasteiger partial charge in [0.1, 0.15) is 6.61 Å². The largest absolute Gasteiger partial charge is 0.483 e. The Bertz CT molecular complexity index is 1440. The number of nitrogens with zero attached hydrogens (tertiary/aromatic N) is 4. The molecule has 1 amide bonds. The Morgan fingerprint density at radius 3 is 2.24 bits per heavy atom. The predicted molar refractivity (Wildman–Crippen MR) is 162 cm³/mol. The highest BCUT2D eigenvalue weighted by Crippen LogP contribution is 2.52. The maximum Gasteiger partial charge on any atom is 0.233 e. The van der Waals surface area contributed by atoms with Gasteiger partial charge in [0.25, 0.3) is 0 Å². The fourth-order valence-corrected chi connectivity index (χ4v) is 7.70. The van der Waals surface area contributed by atoms with Crippen molar-refractivity contribution in [2.45, 2.75) is 63.5 Å². The monoisotopic (exact) mass is 584 g/mol. The maximum absolute atomic E-state index is 14.3. The molecule has 2 fully saturated rings. The molecule has 4 atom stereocenters. The van der Waals surface area contributed by atoms with Crippen LogP contribution in [0.25, 0.3) is 0 Å². The van der Waals surface area contributed by atoms with E-state index >= 15 is 0 Å². The van der Waals surface area contributed by atoms with Gasteiger partial charge in [-0.1, -0.05) is 91.0 Å². The number of halogens is 1. The lowest BCUT2D eigenvalue weighted by Crippen LogP contribution is -2.31. The van der Waals surface area contributed by atoms with Gasteiger partial charge in [0.05, 0.1) is 5.75 Å². The first-order valence-electron chi connectivity index (χ1n) is 14.8. The fraction of sp³-hybridized carbons (Fsp3) is 0.382. The van der Waals surface area contributed by atoms with Crippen LogP contribution in [0.2, 0.25) is 0 Å². The van der Waals surface area contributed by atoms with Crippen LogP contribution in [0, 0.1) is 23.6 Å². The van der Waals surface area contributed by atoms with Crippen molar-refractivity contribution in [1.82, 2.24) is 19.7 Å². The minimum atomic E-state index is -0.401. The number of benzene rings is 3. The number of amides is 1. The van der Waals surface area contributed by atoms with E-state index in [0.717, 1.165) is 17.0 Å². The molecule has 2 aliphatic rings. The SMILES string of the molecule is C[C@@H]([C@@H]1C[C@@H]2CC[C@@H]1C2)n1c(COc2ccccc2F)nnc1SCC(=O)N(Cc1ccccc1)Cc1ccccc1. The molecule has 2 saturated carbocycles. The lowest BCUT2D eigenvalue weighted by molar-refractivity contribution is -0.129. The molecule has 218 valence electrons. The molecule has 4 aromatic rings. The molecule has 0 aliphatic heterocycles. The van der Waals surface area contributed by atoms with Crippen molar-refractivity contribution in [2.24, 2.45) is 17.8 Å². The molecule has 2 bridgehead atoms. The van der Waals surface area contributed by atoms with Gasteiger partial charge in [-0.05, 0) is 67.2 Å². The molecule has 0 saturated heterocycles. The average Bonchev–Trinajstić information content (AvgIpc) is 3.76. The molecular formula is C34H37FN4O2S. The Kier molecular flexibility index (Phi) is 8.89. The summed E-state index contributed by atoms with van der Waals surface area (Å²) in [5.41, 5.74) is 2.18. The molecule has 2 aliphatic carbocycles. The highest BCUT2D eigenvalue weighted by atomic mass is 32.2. The van der Waals surface area contributed by atoms with Crippen molar-refractivity contribution in [2.75, 3.05) is 5.75 Å². The number of fused-ring (bicyclic) bond motifs is 2. The maximum atomic E-state index is 14.3. The molecule has 42 heavy (non-hydrogen) atoms. The van der Waals surface area contributed by atoms with Gasteiger partial charge in [-0.15, -0.1) is 10.2 Å². The number of rotatable bonds is 12. The van der Waals surface area contributed by atoms with Crippen molar-refractivity contribution in [3.8, 4) is 5.75 Å². The molecular weight excluding hydrogens is 547 g/mol. The molecule has 6 nitrogen and oxygen atoms in total. The van der Waals surface area contributed by atoms with Crippen LogP contribution >= 0.6 is 11.8 Å². The van der Waals surface area contributed by atoms with Crippen molar-refractivity contribution in [3.05, 3.63) is 108 Å². The van der Waals surface area contributed by atoms with Crippen LogP contribution in [0.3, 0.4) is 0 Å². The van der Waals surface area contributed by atoms with Crippen LogP contribution in [0.4, 0.5) is 4.39 Å². The summed E-state index contributed by atoms with van der Waals surface area (Å²) in [5, 5.41) is 9.74. The molecule has 6 rings (SSSR count). The zero-order valence-corrected chi connectivity index (χ0v) is 24.8. The second-order valence-electron chi connectivity index (χ2n) is 11.6. The van der Waals surface area contributed by atoms with Gasteiger partial charge in [-0.3, -0.25) is 9.36 Å².